The molecule has 2 aromatic rings. The molecular formula is C18H20ClNO2. The third kappa shape index (κ3) is 3.66. The lowest BCUT2D eigenvalue weighted by Crippen LogP contribution is -2.16. The van der Waals surface area contributed by atoms with Crippen molar-refractivity contribution in [2.45, 2.75) is 33.1 Å². The lowest BCUT2D eigenvalue weighted by molar-refractivity contribution is 0.0527. The largest absolute Gasteiger partial charge is 0.462 e. The first-order valence-corrected chi connectivity index (χ1v) is 7.65. The van der Waals surface area contributed by atoms with E-state index in [0.717, 1.165) is 11.3 Å². The van der Waals surface area contributed by atoms with Crippen molar-refractivity contribution in [3.05, 3.63) is 52.7 Å². The highest BCUT2D eigenvalue weighted by atomic mass is 35.5. The number of pyridine rings is 1. The van der Waals surface area contributed by atoms with E-state index in [1.165, 1.54) is 0 Å². The van der Waals surface area contributed by atoms with Crippen LogP contribution in [0.1, 0.15) is 43.7 Å². The van der Waals surface area contributed by atoms with Gasteiger partial charge in [-0.1, -0.05) is 44.5 Å². The van der Waals surface area contributed by atoms with Crippen LogP contribution in [0.5, 0.6) is 0 Å². The van der Waals surface area contributed by atoms with Crippen LogP contribution in [0, 0.1) is 0 Å². The minimum Gasteiger partial charge on any atom is -0.462 e. The SMILES string of the molecule is CCOC(=O)c1ccc(C(C)(C)C)nc1-c1ccc(Cl)cc1. The summed E-state index contributed by atoms with van der Waals surface area (Å²) in [6.45, 7) is 8.39. The molecule has 0 saturated heterocycles. The highest BCUT2D eigenvalue weighted by Crippen LogP contribution is 2.28. The molecular weight excluding hydrogens is 298 g/mol. The van der Waals surface area contributed by atoms with Crippen LogP contribution in [-0.2, 0) is 10.2 Å². The van der Waals surface area contributed by atoms with Crippen LogP contribution in [0.4, 0.5) is 0 Å². The van der Waals surface area contributed by atoms with E-state index in [9.17, 15) is 4.79 Å². The van der Waals surface area contributed by atoms with Crippen LogP contribution in [0.25, 0.3) is 11.3 Å². The summed E-state index contributed by atoms with van der Waals surface area (Å²) in [5, 5.41) is 0.647. The molecule has 1 aromatic carbocycles. The number of halogens is 1. The van der Waals surface area contributed by atoms with E-state index >= 15 is 0 Å². The Balaban J connectivity index is 2.59. The van der Waals surface area contributed by atoms with Crippen molar-refractivity contribution in [2.75, 3.05) is 6.61 Å². The molecule has 0 saturated carbocycles. The van der Waals surface area contributed by atoms with E-state index in [0.29, 0.717) is 22.9 Å². The average Bonchev–Trinajstić information content (AvgIpc) is 2.47. The van der Waals surface area contributed by atoms with E-state index < -0.39 is 0 Å². The maximum atomic E-state index is 12.2. The van der Waals surface area contributed by atoms with Gasteiger partial charge in [-0.15, -0.1) is 0 Å². The van der Waals surface area contributed by atoms with Crippen molar-refractivity contribution in [3.63, 3.8) is 0 Å². The molecule has 0 spiro atoms. The Bertz CT molecular complexity index is 672. The summed E-state index contributed by atoms with van der Waals surface area (Å²) in [6, 6.07) is 11.0. The summed E-state index contributed by atoms with van der Waals surface area (Å²) in [5.41, 5.74) is 2.76. The normalized spacial score (nSPS) is 11.3. The molecule has 4 heteroatoms. The maximum absolute atomic E-state index is 12.2. The molecule has 0 unspecified atom stereocenters. The minimum absolute atomic E-state index is 0.103. The molecule has 0 aliphatic carbocycles. The van der Waals surface area contributed by atoms with Gasteiger partial charge < -0.3 is 4.74 Å². The second-order valence-electron chi connectivity index (χ2n) is 6.07. The second kappa shape index (κ2) is 6.49. The Morgan fingerprint density at radius 3 is 2.32 bits per heavy atom. The number of carbonyl (C=O) groups is 1. The highest BCUT2D eigenvalue weighted by Gasteiger charge is 2.21. The lowest BCUT2D eigenvalue weighted by atomic mass is 9.90. The van der Waals surface area contributed by atoms with E-state index in [1.807, 2.05) is 18.2 Å². The van der Waals surface area contributed by atoms with Crippen LogP contribution in [0.2, 0.25) is 5.02 Å². The van der Waals surface area contributed by atoms with Crippen molar-refractivity contribution in [1.82, 2.24) is 4.98 Å². The van der Waals surface area contributed by atoms with Gasteiger partial charge >= 0.3 is 5.97 Å². The number of carbonyl (C=O) groups excluding carboxylic acids is 1. The van der Waals surface area contributed by atoms with Gasteiger partial charge in [0, 0.05) is 21.7 Å². The topological polar surface area (TPSA) is 39.2 Å². The molecule has 0 radical (unpaired) electrons. The van der Waals surface area contributed by atoms with Crippen molar-refractivity contribution >= 4 is 17.6 Å². The zero-order valence-electron chi connectivity index (χ0n) is 13.3. The summed E-state index contributed by atoms with van der Waals surface area (Å²) in [7, 11) is 0. The van der Waals surface area contributed by atoms with Gasteiger partial charge in [0.05, 0.1) is 17.9 Å². The van der Waals surface area contributed by atoms with Gasteiger partial charge in [0.15, 0.2) is 0 Å². The smallest absolute Gasteiger partial charge is 0.340 e. The third-order valence-electron chi connectivity index (χ3n) is 3.28. The van der Waals surface area contributed by atoms with Crippen LogP contribution >= 0.6 is 11.6 Å². The molecule has 0 N–H and O–H groups in total. The number of benzene rings is 1. The number of esters is 1. The fraction of sp³-hybridized carbons (Fsp3) is 0.333. The first-order valence-electron chi connectivity index (χ1n) is 7.27. The lowest BCUT2D eigenvalue weighted by Gasteiger charge is -2.20. The Morgan fingerprint density at radius 2 is 1.77 bits per heavy atom. The molecule has 0 atom stereocenters. The van der Waals surface area contributed by atoms with Crippen LogP contribution in [0.3, 0.4) is 0 Å². The molecule has 0 amide bonds. The average molecular weight is 318 g/mol. The molecule has 22 heavy (non-hydrogen) atoms. The quantitative estimate of drug-likeness (QED) is 0.758. The zero-order valence-corrected chi connectivity index (χ0v) is 14.1. The summed E-state index contributed by atoms with van der Waals surface area (Å²) >= 11 is 5.94. The van der Waals surface area contributed by atoms with Gasteiger partial charge in [-0.25, -0.2) is 4.79 Å². The monoisotopic (exact) mass is 317 g/mol. The van der Waals surface area contributed by atoms with Gasteiger partial charge in [-0.2, -0.15) is 0 Å². The summed E-state index contributed by atoms with van der Waals surface area (Å²) in [4.78, 5) is 16.9. The Hall–Kier alpha value is -1.87. The first kappa shape index (κ1) is 16.5. The van der Waals surface area contributed by atoms with Crippen molar-refractivity contribution in [1.29, 1.82) is 0 Å². The molecule has 1 aromatic heterocycles. The van der Waals surface area contributed by atoms with Gasteiger partial charge in [0.2, 0.25) is 0 Å². The second-order valence-corrected chi connectivity index (χ2v) is 6.51. The molecule has 0 aliphatic heterocycles. The maximum Gasteiger partial charge on any atom is 0.340 e. The van der Waals surface area contributed by atoms with Gasteiger partial charge in [0.1, 0.15) is 0 Å². The van der Waals surface area contributed by atoms with Gasteiger partial charge in [-0.05, 0) is 31.2 Å². The minimum atomic E-state index is -0.361. The summed E-state index contributed by atoms with van der Waals surface area (Å²) in [5.74, 6) is -0.361. The number of hydrogen-bond acceptors (Lipinski definition) is 3. The van der Waals surface area contributed by atoms with Crippen molar-refractivity contribution in [3.8, 4) is 11.3 Å². The Kier molecular flexibility index (Phi) is 4.87. The fourth-order valence-corrected chi connectivity index (χ4v) is 2.20. The van der Waals surface area contributed by atoms with Gasteiger partial charge in [0.25, 0.3) is 0 Å². The predicted molar refractivity (Wildman–Crippen MR) is 89.3 cm³/mol. The molecule has 0 fully saturated rings. The van der Waals surface area contributed by atoms with Crippen molar-refractivity contribution < 1.29 is 9.53 Å². The molecule has 0 bridgehead atoms. The van der Waals surface area contributed by atoms with E-state index in [-0.39, 0.29) is 11.4 Å². The third-order valence-corrected chi connectivity index (χ3v) is 3.53. The van der Waals surface area contributed by atoms with Crippen LogP contribution < -0.4 is 0 Å². The van der Waals surface area contributed by atoms with E-state index in [4.69, 9.17) is 21.3 Å². The number of aromatic nitrogens is 1. The van der Waals surface area contributed by atoms with Crippen LogP contribution in [-0.4, -0.2) is 17.6 Å². The number of nitrogens with zero attached hydrogens (tertiary/aromatic N) is 1. The Labute approximate surface area is 136 Å². The van der Waals surface area contributed by atoms with Crippen molar-refractivity contribution in [2.24, 2.45) is 0 Å². The molecule has 3 nitrogen and oxygen atoms in total. The highest BCUT2D eigenvalue weighted by molar-refractivity contribution is 6.30. The molecule has 2 rings (SSSR count). The zero-order chi connectivity index (χ0) is 16.3. The number of rotatable bonds is 3. The molecule has 1 heterocycles. The summed E-state index contributed by atoms with van der Waals surface area (Å²) < 4.78 is 5.13. The number of ether oxygens (including phenoxy) is 1. The molecule has 116 valence electrons. The first-order chi connectivity index (χ1) is 10.3. The molecule has 0 aliphatic rings. The summed E-state index contributed by atoms with van der Waals surface area (Å²) in [6.07, 6.45) is 0. The van der Waals surface area contributed by atoms with Crippen LogP contribution in [0.15, 0.2) is 36.4 Å². The fourth-order valence-electron chi connectivity index (χ4n) is 2.08. The van der Waals surface area contributed by atoms with E-state index in [2.05, 4.69) is 20.8 Å². The standard InChI is InChI=1S/C18H20ClNO2/c1-5-22-17(21)14-10-11-15(18(2,3)4)20-16(14)12-6-8-13(19)9-7-12/h6-11H,5H2,1-4H3. The number of hydrogen-bond donors (Lipinski definition) is 0. The Morgan fingerprint density at radius 1 is 1.14 bits per heavy atom. The predicted octanol–water partition coefficient (Wildman–Crippen LogP) is 4.88. The van der Waals surface area contributed by atoms with E-state index in [1.54, 1.807) is 25.1 Å². The van der Waals surface area contributed by atoms with Gasteiger partial charge in [-0.3, -0.25) is 4.98 Å².